The van der Waals surface area contributed by atoms with E-state index < -0.39 is 5.60 Å². The highest BCUT2D eigenvalue weighted by Gasteiger charge is 2.20. The van der Waals surface area contributed by atoms with Gasteiger partial charge in [0, 0.05) is 25.5 Å². The van der Waals surface area contributed by atoms with Crippen LogP contribution in [0.25, 0.3) is 5.82 Å². The molecule has 6 nitrogen and oxygen atoms in total. The van der Waals surface area contributed by atoms with E-state index in [1.807, 2.05) is 19.9 Å². The molecular formula is C16H22N4O2. The highest BCUT2D eigenvalue weighted by molar-refractivity contribution is 5.93. The zero-order valence-electron chi connectivity index (χ0n) is 13.7. The molecule has 118 valence electrons. The van der Waals surface area contributed by atoms with Crippen LogP contribution in [-0.4, -0.2) is 49.9 Å². The van der Waals surface area contributed by atoms with Crippen LogP contribution in [-0.2, 0) is 0 Å². The fourth-order valence-electron chi connectivity index (χ4n) is 2.37. The topological polar surface area (TPSA) is 71.2 Å². The van der Waals surface area contributed by atoms with Crippen LogP contribution in [0.5, 0.6) is 0 Å². The summed E-state index contributed by atoms with van der Waals surface area (Å²) in [7, 11) is 1.66. The summed E-state index contributed by atoms with van der Waals surface area (Å²) in [6, 6.07) is 5.46. The third-order valence-electron chi connectivity index (χ3n) is 3.19. The Labute approximate surface area is 130 Å². The molecule has 0 aliphatic heterocycles. The van der Waals surface area contributed by atoms with Crippen molar-refractivity contribution < 1.29 is 9.90 Å². The molecule has 6 heteroatoms. The molecule has 2 aromatic heterocycles. The lowest BCUT2D eigenvalue weighted by Gasteiger charge is -2.25. The van der Waals surface area contributed by atoms with Crippen molar-refractivity contribution in [2.45, 2.75) is 33.3 Å². The van der Waals surface area contributed by atoms with Crippen molar-refractivity contribution in [2.24, 2.45) is 0 Å². The molecule has 0 saturated carbocycles. The lowest BCUT2D eigenvalue weighted by atomic mass is 10.1. The number of aliphatic hydroxyl groups is 1. The van der Waals surface area contributed by atoms with Gasteiger partial charge in [0.2, 0.25) is 0 Å². The number of carbonyl (C=O) groups excluding carboxylic acids is 1. The smallest absolute Gasteiger partial charge is 0.255 e. The molecule has 0 fully saturated rings. The molecule has 1 amide bonds. The minimum absolute atomic E-state index is 0.172. The van der Waals surface area contributed by atoms with Crippen molar-refractivity contribution in [3.63, 3.8) is 0 Å². The summed E-state index contributed by atoms with van der Waals surface area (Å²) in [5.41, 5.74) is 1.46. The van der Waals surface area contributed by atoms with E-state index in [4.69, 9.17) is 0 Å². The maximum atomic E-state index is 12.3. The van der Waals surface area contributed by atoms with Gasteiger partial charge in [0.25, 0.3) is 5.91 Å². The molecule has 0 aliphatic rings. The van der Waals surface area contributed by atoms with Crippen LogP contribution in [0.3, 0.4) is 0 Å². The monoisotopic (exact) mass is 302 g/mol. The number of nitrogens with zero attached hydrogens (tertiary/aromatic N) is 4. The van der Waals surface area contributed by atoms with Gasteiger partial charge in [0.1, 0.15) is 0 Å². The Balaban J connectivity index is 2.18. The Morgan fingerprint density at radius 3 is 2.50 bits per heavy atom. The third kappa shape index (κ3) is 3.71. The second kappa shape index (κ2) is 5.88. The first kappa shape index (κ1) is 16.2. The Hall–Kier alpha value is -2.21. The predicted molar refractivity (Wildman–Crippen MR) is 84.1 cm³/mol. The van der Waals surface area contributed by atoms with E-state index in [9.17, 15) is 9.90 Å². The number of hydrogen-bond acceptors (Lipinski definition) is 4. The van der Waals surface area contributed by atoms with Gasteiger partial charge in [0.05, 0.1) is 16.9 Å². The molecule has 2 aromatic rings. The minimum Gasteiger partial charge on any atom is -0.389 e. The van der Waals surface area contributed by atoms with Crippen molar-refractivity contribution >= 4 is 5.91 Å². The Kier molecular flexibility index (Phi) is 4.32. The first-order valence-corrected chi connectivity index (χ1v) is 7.15. The number of likely N-dealkylation sites (N-methyl/N-ethyl adjacent to an activating group) is 1. The van der Waals surface area contributed by atoms with Crippen LogP contribution >= 0.6 is 0 Å². The van der Waals surface area contributed by atoms with Gasteiger partial charge in [-0.2, -0.15) is 5.10 Å². The number of rotatable bonds is 4. The molecule has 0 radical (unpaired) electrons. The number of amides is 1. The van der Waals surface area contributed by atoms with Crippen LogP contribution in [0.15, 0.2) is 24.4 Å². The fourth-order valence-corrected chi connectivity index (χ4v) is 2.37. The molecule has 2 rings (SSSR count). The summed E-state index contributed by atoms with van der Waals surface area (Å²) in [5.74, 6) is 0.502. The standard InChI is InChI=1S/C16H22N4O2/c1-11-8-12(2)20(18-11)14-7-6-13(9-17-14)15(21)19(5)10-16(3,4)22/h6-9,22H,10H2,1-5H3. The van der Waals surface area contributed by atoms with Crippen molar-refractivity contribution in [2.75, 3.05) is 13.6 Å². The first-order valence-electron chi connectivity index (χ1n) is 7.15. The molecule has 0 aliphatic carbocycles. The van der Waals surface area contributed by atoms with Crippen LogP contribution < -0.4 is 0 Å². The molecular weight excluding hydrogens is 280 g/mol. The van der Waals surface area contributed by atoms with Crippen molar-refractivity contribution in [1.29, 1.82) is 0 Å². The quantitative estimate of drug-likeness (QED) is 0.933. The SMILES string of the molecule is Cc1cc(C)n(-c2ccc(C(=O)N(C)CC(C)(C)O)cn2)n1. The second-order valence-electron chi connectivity index (χ2n) is 6.22. The molecule has 0 spiro atoms. The number of aryl methyl sites for hydroxylation is 2. The second-order valence-corrected chi connectivity index (χ2v) is 6.22. The summed E-state index contributed by atoms with van der Waals surface area (Å²) in [4.78, 5) is 18.1. The average Bonchev–Trinajstić information content (AvgIpc) is 2.75. The van der Waals surface area contributed by atoms with Gasteiger partial charge in [-0.1, -0.05) is 0 Å². The van der Waals surface area contributed by atoms with Gasteiger partial charge in [-0.05, 0) is 45.9 Å². The minimum atomic E-state index is -0.929. The van der Waals surface area contributed by atoms with E-state index in [2.05, 4.69) is 10.1 Å². The summed E-state index contributed by atoms with van der Waals surface area (Å²) in [6.07, 6.45) is 1.54. The van der Waals surface area contributed by atoms with Gasteiger partial charge in [-0.3, -0.25) is 4.79 Å². The van der Waals surface area contributed by atoms with E-state index in [1.165, 1.54) is 11.1 Å². The van der Waals surface area contributed by atoms with Crippen LogP contribution in [0.2, 0.25) is 0 Å². The summed E-state index contributed by atoms with van der Waals surface area (Å²) >= 11 is 0. The third-order valence-corrected chi connectivity index (χ3v) is 3.19. The zero-order chi connectivity index (χ0) is 16.5. The van der Waals surface area contributed by atoms with Crippen LogP contribution in [0, 0.1) is 13.8 Å². The molecule has 2 heterocycles. The lowest BCUT2D eigenvalue weighted by molar-refractivity contribution is 0.0367. The molecule has 0 aromatic carbocycles. The number of pyridine rings is 1. The Bertz CT molecular complexity index is 668. The van der Waals surface area contributed by atoms with Crippen molar-refractivity contribution in [1.82, 2.24) is 19.7 Å². The highest BCUT2D eigenvalue weighted by Crippen LogP contribution is 2.12. The Morgan fingerprint density at radius 2 is 2.05 bits per heavy atom. The molecule has 0 unspecified atom stereocenters. The van der Waals surface area contributed by atoms with Crippen molar-refractivity contribution in [3.05, 3.63) is 41.3 Å². The van der Waals surface area contributed by atoms with Crippen LogP contribution in [0.4, 0.5) is 0 Å². The van der Waals surface area contributed by atoms with Gasteiger partial charge in [-0.15, -0.1) is 0 Å². The summed E-state index contributed by atoms with van der Waals surface area (Å²) in [5, 5.41) is 14.2. The van der Waals surface area contributed by atoms with E-state index in [1.54, 1.807) is 37.7 Å². The molecule has 0 bridgehead atoms. The molecule has 0 atom stereocenters. The van der Waals surface area contributed by atoms with Gasteiger partial charge in [0.15, 0.2) is 5.82 Å². The lowest BCUT2D eigenvalue weighted by Crippen LogP contribution is -2.39. The Morgan fingerprint density at radius 1 is 1.36 bits per heavy atom. The molecule has 22 heavy (non-hydrogen) atoms. The fraction of sp³-hybridized carbons (Fsp3) is 0.438. The van der Waals surface area contributed by atoms with E-state index in [0.717, 1.165) is 11.4 Å². The average molecular weight is 302 g/mol. The van der Waals surface area contributed by atoms with Gasteiger partial charge in [-0.25, -0.2) is 9.67 Å². The number of carbonyl (C=O) groups is 1. The highest BCUT2D eigenvalue weighted by atomic mass is 16.3. The van der Waals surface area contributed by atoms with Gasteiger partial charge >= 0.3 is 0 Å². The van der Waals surface area contributed by atoms with Crippen molar-refractivity contribution in [3.8, 4) is 5.82 Å². The van der Waals surface area contributed by atoms with Crippen LogP contribution in [0.1, 0.15) is 35.6 Å². The number of aromatic nitrogens is 3. The maximum Gasteiger partial charge on any atom is 0.255 e. The number of hydrogen-bond donors (Lipinski definition) is 1. The summed E-state index contributed by atoms with van der Waals surface area (Å²) < 4.78 is 1.74. The normalized spacial score (nSPS) is 11.5. The van der Waals surface area contributed by atoms with E-state index in [0.29, 0.717) is 11.4 Å². The largest absolute Gasteiger partial charge is 0.389 e. The maximum absolute atomic E-state index is 12.3. The first-order chi connectivity index (χ1) is 10.2. The summed E-state index contributed by atoms with van der Waals surface area (Å²) in [6.45, 7) is 7.47. The van der Waals surface area contributed by atoms with E-state index in [-0.39, 0.29) is 12.5 Å². The molecule has 1 N–H and O–H groups in total. The zero-order valence-corrected chi connectivity index (χ0v) is 13.7. The van der Waals surface area contributed by atoms with Gasteiger partial charge < -0.3 is 10.0 Å². The molecule has 0 saturated heterocycles. The predicted octanol–water partition coefficient (Wildman–Crippen LogP) is 1.73. The van der Waals surface area contributed by atoms with E-state index >= 15 is 0 Å².